The van der Waals surface area contributed by atoms with Gasteiger partial charge in [0.15, 0.2) is 0 Å². The molecule has 5 nitrogen and oxygen atoms in total. The van der Waals surface area contributed by atoms with Crippen molar-refractivity contribution < 1.29 is 14.0 Å². The molecule has 0 aliphatic carbocycles. The highest BCUT2D eigenvalue weighted by atomic mass is 19.1. The van der Waals surface area contributed by atoms with Crippen molar-refractivity contribution in [2.75, 3.05) is 32.7 Å². The molecule has 0 spiro atoms. The SMILES string of the molecule is Cc1ccc(C(=O)N2CCCC(N3CCNCC3=O)C2)cc1F. The minimum Gasteiger partial charge on any atom is -0.337 e. The van der Waals surface area contributed by atoms with E-state index in [9.17, 15) is 14.0 Å². The Balaban J connectivity index is 1.71. The summed E-state index contributed by atoms with van der Waals surface area (Å²) in [6, 6.07) is 4.67. The number of nitrogens with one attached hydrogen (secondary N) is 1. The van der Waals surface area contributed by atoms with E-state index in [2.05, 4.69) is 5.32 Å². The van der Waals surface area contributed by atoms with Crippen molar-refractivity contribution >= 4 is 11.8 Å². The fraction of sp³-hybridized carbons (Fsp3) is 0.529. The van der Waals surface area contributed by atoms with Gasteiger partial charge in [-0.25, -0.2) is 4.39 Å². The third kappa shape index (κ3) is 3.37. The standard InChI is InChI=1S/C17H22FN3O2/c1-12-4-5-13(9-15(12)18)17(23)20-7-2-3-14(11-20)21-8-6-19-10-16(21)22/h4-5,9,14,19H,2-3,6-8,10-11H2,1H3. The van der Waals surface area contributed by atoms with Crippen molar-refractivity contribution in [2.24, 2.45) is 0 Å². The lowest BCUT2D eigenvalue weighted by molar-refractivity contribution is -0.135. The van der Waals surface area contributed by atoms with Gasteiger partial charge in [-0.1, -0.05) is 6.07 Å². The number of benzene rings is 1. The molecule has 0 saturated carbocycles. The number of amides is 2. The minimum absolute atomic E-state index is 0.0672. The predicted octanol–water partition coefficient (Wildman–Crippen LogP) is 1.17. The Morgan fingerprint density at radius 2 is 2.17 bits per heavy atom. The second-order valence-corrected chi connectivity index (χ2v) is 6.28. The highest BCUT2D eigenvalue weighted by Gasteiger charge is 2.31. The van der Waals surface area contributed by atoms with E-state index < -0.39 is 0 Å². The first-order chi connectivity index (χ1) is 11.1. The number of carbonyl (C=O) groups excluding carboxylic acids is 2. The molecular formula is C17H22FN3O2. The normalized spacial score (nSPS) is 22.3. The Hall–Kier alpha value is -1.95. The van der Waals surface area contributed by atoms with Crippen LogP contribution in [-0.4, -0.2) is 60.4 Å². The van der Waals surface area contributed by atoms with Crippen LogP contribution in [0.1, 0.15) is 28.8 Å². The highest BCUT2D eigenvalue weighted by Crippen LogP contribution is 2.20. The van der Waals surface area contributed by atoms with Gasteiger partial charge in [-0.3, -0.25) is 9.59 Å². The second-order valence-electron chi connectivity index (χ2n) is 6.28. The molecule has 2 aliphatic rings. The Bertz CT molecular complexity index is 620. The largest absolute Gasteiger partial charge is 0.337 e. The molecular weight excluding hydrogens is 297 g/mol. The van der Waals surface area contributed by atoms with Gasteiger partial charge in [0, 0.05) is 37.8 Å². The number of piperazine rings is 1. The third-order valence-corrected chi connectivity index (χ3v) is 4.67. The van der Waals surface area contributed by atoms with Crippen LogP contribution in [0.5, 0.6) is 0 Å². The van der Waals surface area contributed by atoms with Crippen molar-refractivity contribution in [2.45, 2.75) is 25.8 Å². The van der Waals surface area contributed by atoms with Crippen molar-refractivity contribution in [1.82, 2.24) is 15.1 Å². The van der Waals surface area contributed by atoms with E-state index in [1.54, 1.807) is 24.0 Å². The Labute approximate surface area is 135 Å². The van der Waals surface area contributed by atoms with Crippen LogP contribution in [0, 0.1) is 12.7 Å². The zero-order valence-electron chi connectivity index (χ0n) is 13.3. The van der Waals surface area contributed by atoms with Crippen LogP contribution in [0.25, 0.3) is 0 Å². The number of carbonyl (C=O) groups is 2. The van der Waals surface area contributed by atoms with Gasteiger partial charge in [-0.15, -0.1) is 0 Å². The van der Waals surface area contributed by atoms with E-state index in [0.717, 1.165) is 19.4 Å². The smallest absolute Gasteiger partial charge is 0.254 e. The zero-order chi connectivity index (χ0) is 16.4. The second kappa shape index (κ2) is 6.66. The Morgan fingerprint density at radius 3 is 2.91 bits per heavy atom. The molecule has 0 aromatic heterocycles. The molecule has 0 radical (unpaired) electrons. The quantitative estimate of drug-likeness (QED) is 0.890. The average Bonchev–Trinajstić information content (AvgIpc) is 2.57. The van der Waals surface area contributed by atoms with Crippen molar-refractivity contribution in [3.05, 3.63) is 35.1 Å². The van der Waals surface area contributed by atoms with Crippen molar-refractivity contribution in [1.29, 1.82) is 0 Å². The van der Waals surface area contributed by atoms with Gasteiger partial charge in [0.2, 0.25) is 5.91 Å². The molecule has 124 valence electrons. The summed E-state index contributed by atoms with van der Waals surface area (Å²) >= 11 is 0. The molecule has 1 aromatic rings. The van der Waals surface area contributed by atoms with Crippen LogP contribution in [-0.2, 0) is 4.79 Å². The number of hydrogen-bond donors (Lipinski definition) is 1. The molecule has 1 unspecified atom stereocenters. The third-order valence-electron chi connectivity index (χ3n) is 4.67. The Kier molecular flexibility index (Phi) is 4.61. The molecule has 1 N–H and O–H groups in total. The molecule has 1 atom stereocenters. The lowest BCUT2D eigenvalue weighted by atomic mass is 10.0. The molecule has 2 fully saturated rings. The van der Waals surface area contributed by atoms with Crippen LogP contribution in [0.3, 0.4) is 0 Å². The van der Waals surface area contributed by atoms with E-state index in [4.69, 9.17) is 0 Å². The summed E-state index contributed by atoms with van der Waals surface area (Å²) in [7, 11) is 0. The predicted molar refractivity (Wildman–Crippen MR) is 84.6 cm³/mol. The topological polar surface area (TPSA) is 52.7 Å². The van der Waals surface area contributed by atoms with Gasteiger partial charge in [-0.2, -0.15) is 0 Å². The Morgan fingerprint density at radius 1 is 1.35 bits per heavy atom. The number of hydrogen-bond acceptors (Lipinski definition) is 3. The summed E-state index contributed by atoms with van der Waals surface area (Å²) in [5.41, 5.74) is 0.907. The lowest BCUT2D eigenvalue weighted by Crippen LogP contribution is -2.57. The first-order valence-corrected chi connectivity index (χ1v) is 8.12. The van der Waals surface area contributed by atoms with E-state index >= 15 is 0 Å². The molecule has 1 aromatic carbocycles. The first-order valence-electron chi connectivity index (χ1n) is 8.12. The number of rotatable bonds is 2. The van der Waals surface area contributed by atoms with E-state index in [1.165, 1.54) is 6.07 Å². The van der Waals surface area contributed by atoms with Gasteiger partial charge in [0.25, 0.3) is 5.91 Å². The number of likely N-dealkylation sites (tertiary alicyclic amines) is 1. The van der Waals surface area contributed by atoms with Gasteiger partial charge in [0.05, 0.1) is 6.54 Å². The number of aryl methyl sites for hydroxylation is 1. The van der Waals surface area contributed by atoms with Crippen LogP contribution < -0.4 is 5.32 Å². The number of piperidine rings is 1. The van der Waals surface area contributed by atoms with E-state index in [0.29, 0.717) is 37.3 Å². The first kappa shape index (κ1) is 15.9. The summed E-state index contributed by atoms with van der Waals surface area (Å²) in [6.45, 7) is 4.71. The van der Waals surface area contributed by atoms with E-state index in [-0.39, 0.29) is 23.7 Å². The molecule has 23 heavy (non-hydrogen) atoms. The maximum Gasteiger partial charge on any atom is 0.254 e. The molecule has 2 heterocycles. The van der Waals surface area contributed by atoms with Gasteiger partial charge in [0.1, 0.15) is 5.82 Å². The monoisotopic (exact) mass is 319 g/mol. The fourth-order valence-corrected chi connectivity index (χ4v) is 3.31. The van der Waals surface area contributed by atoms with Gasteiger partial charge < -0.3 is 15.1 Å². The highest BCUT2D eigenvalue weighted by molar-refractivity contribution is 5.94. The van der Waals surface area contributed by atoms with Crippen LogP contribution >= 0.6 is 0 Å². The molecule has 3 rings (SSSR count). The minimum atomic E-state index is -0.360. The molecule has 6 heteroatoms. The van der Waals surface area contributed by atoms with Crippen molar-refractivity contribution in [3.63, 3.8) is 0 Å². The average molecular weight is 319 g/mol. The summed E-state index contributed by atoms with van der Waals surface area (Å²) in [5.74, 6) is -0.421. The summed E-state index contributed by atoms with van der Waals surface area (Å²) in [5, 5.41) is 3.06. The van der Waals surface area contributed by atoms with Crippen LogP contribution in [0.4, 0.5) is 4.39 Å². The summed E-state index contributed by atoms with van der Waals surface area (Å²) in [6.07, 6.45) is 1.78. The zero-order valence-corrected chi connectivity index (χ0v) is 13.3. The number of nitrogens with zero attached hydrogens (tertiary/aromatic N) is 2. The molecule has 2 saturated heterocycles. The van der Waals surface area contributed by atoms with Crippen LogP contribution in [0.2, 0.25) is 0 Å². The van der Waals surface area contributed by atoms with E-state index in [1.807, 2.05) is 4.90 Å². The van der Waals surface area contributed by atoms with Crippen molar-refractivity contribution in [3.8, 4) is 0 Å². The fourth-order valence-electron chi connectivity index (χ4n) is 3.31. The summed E-state index contributed by atoms with van der Waals surface area (Å²) in [4.78, 5) is 28.3. The summed E-state index contributed by atoms with van der Waals surface area (Å²) < 4.78 is 13.7. The molecule has 0 bridgehead atoms. The van der Waals surface area contributed by atoms with Gasteiger partial charge >= 0.3 is 0 Å². The lowest BCUT2D eigenvalue weighted by Gasteiger charge is -2.41. The number of halogens is 1. The maximum absolute atomic E-state index is 13.7. The van der Waals surface area contributed by atoms with Gasteiger partial charge in [-0.05, 0) is 37.5 Å². The van der Waals surface area contributed by atoms with Crippen LogP contribution in [0.15, 0.2) is 18.2 Å². The molecule has 2 amide bonds. The maximum atomic E-state index is 13.7. The molecule has 2 aliphatic heterocycles.